The number of nitro groups is 1. The van der Waals surface area contributed by atoms with Crippen LogP contribution >= 0.6 is 0 Å². The second-order valence-electron chi connectivity index (χ2n) is 5.78. The van der Waals surface area contributed by atoms with E-state index in [9.17, 15) is 41.3 Å². The van der Waals surface area contributed by atoms with Gasteiger partial charge in [0, 0.05) is 6.07 Å². The zero-order valence-corrected chi connectivity index (χ0v) is 14.9. The Kier molecular flexibility index (Phi) is 4.78. The first kappa shape index (κ1) is 20.3. The first-order valence-electron chi connectivity index (χ1n) is 7.65. The SMILES string of the molecule is O=C1c2ccccc2C(=O)N1Cc1ccc([N+](=O)[O-])c(OS(=O)(=O)C(F)(F)F)c1. The van der Waals surface area contributed by atoms with Gasteiger partial charge >= 0.3 is 21.3 Å². The van der Waals surface area contributed by atoms with Crippen LogP contribution in [0.4, 0.5) is 18.9 Å². The number of benzene rings is 2. The molecule has 152 valence electrons. The molecule has 0 unspecified atom stereocenters. The summed E-state index contributed by atoms with van der Waals surface area (Å²) in [6, 6.07) is 8.33. The molecule has 1 aliphatic heterocycles. The summed E-state index contributed by atoms with van der Waals surface area (Å²) in [6.07, 6.45) is 0. The third kappa shape index (κ3) is 3.63. The minimum Gasteiger partial charge on any atom is -0.369 e. The summed E-state index contributed by atoms with van der Waals surface area (Å²) < 4.78 is 64.0. The second kappa shape index (κ2) is 6.84. The topological polar surface area (TPSA) is 124 Å². The molecule has 0 aliphatic carbocycles. The van der Waals surface area contributed by atoms with E-state index in [1.54, 1.807) is 0 Å². The molecule has 0 saturated carbocycles. The fraction of sp³-hybridized carbons (Fsp3) is 0.125. The van der Waals surface area contributed by atoms with Gasteiger partial charge in [0.2, 0.25) is 5.75 Å². The van der Waals surface area contributed by atoms with E-state index in [-0.39, 0.29) is 16.7 Å². The van der Waals surface area contributed by atoms with Gasteiger partial charge in [0.15, 0.2) is 0 Å². The van der Waals surface area contributed by atoms with Gasteiger partial charge < -0.3 is 4.18 Å². The van der Waals surface area contributed by atoms with Crippen LogP contribution in [-0.4, -0.2) is 35.6 Å². The molecule has 9 nitrogen and oxygen atoms in total. The van der Waals surface area contributed by atoms with Crippen molar-refractivity contribution in [1.82, 2.24) is 4.90 Å². The second-order valence-corrected chi connectivity index (χ2v) is 7.32. The van der Waals surface area contributed by atoms with Crippen molar-refractivity contribution in [3.63, 3.8) is 0 Å². The maximum absolute atomic E-state index is 12.6. The molecular formula is C16H9F3N2O7S. The van der Waals surface area contributed by atoms with Gasteiger partial charge in [-0.25, -0.2) is 0 Å². The van der Waals surface area contributed by atoms with E-state index in [0.29, 0.717) is 12.1 Å². The number of nitro benzene ring substituents is 1. The van der Waals surface area contributed by atoms with Gasteiger partial charge in [-0.15, -0.1) is 0 Å². The van der Waals surface area contributed by atoms with Crippen molar-refractivity contribution >= 4 is 27.6 Å². The van der Waals surface area contributed by atoms with Gasteiger partial charge in [-0.1, -0.05) is 18.2 Å². The number of hydrogen-bond donors (Lipinski definition) is 0. The highest BCUT2D eigenvalue weighted by Crippen LogP contribution is 2.34. The number of alkyl halides is 3. The molecule has 0 atom stereocenters. The van der Waals surface area contributed by atoms with E-state index in [4.69, 9.17) is 0 Å². The van der Waals surface area contributed by atoms with Crippen LogP contribution in [0.25, 0.3) is 0 Å². The van der Waals surface area contributed by atoms with Gasteiger partial charge in [0.25, 0.3) is 11.8 Å². The fourth-order valence-electron chi connectivity index (χ4n) is 2.61. The smallest absolute Gasteiger partial charge is 0.369 e. The van der Waals surface area contributed by atoms with Crippen LogP contribution in [-0.2, 0) is 16.7 Å². The Morgan fingerprint density at radius 3 is 2.07 bits per heavy atom. The lowest BCUT2D eigenvalue weighted by molar-refractivity contribution is -0.385. The largest absolute Gasteiger partial charge is 0.534 e. The van der Waals surface area contributed by atoms with Crippen LogP contribution in [0.2, 0.25) is 0 Å². The highest BCUT2D eigenvalue weighted by atomic mass is 32.2. The quantitative estimate of drug-likeness (QED) is 0.235. The molecule has 3 rings (SSSR count). The van der Waals surface area contributed by atoms with Crippen LogP contribution in [0.3, 0.4) is 0 Å². The standard InChI is InChI=1S/C16H9F3N2O7S/c17-16(18,19)29(26,27)28-13-7-9(5-6-12(13)21(24)25)8-20-14(22)10-3-1-2-4-11(10)15(20)23/h1-7H,8H2. The molecule has 13 heteroatoms. The van der Waals surface area contributed by atoms with Crippen LogP contribution in [0.15, 0.2) is 42.5 Å². The molecule has 0 N–H and O–H groups in total. The molecule has 0 saturated heterocycles. The van der Waals surface area contributed by atoms with Gasteiger partial charge in [-0.05, 0) is 23.8 Å². The zero-order valence-electron chi connectivity index (χ0n) is 14.0. The number of carbonyl (C=O) groups excluding carboxylic acids is 2. The number of halogens is 3. The number of nitrogens with zero attached hydrogens (tertiary/aromatic N) is 2. The van der Waals surface area contributed by atoms with Crippen molar-refractivity contribution in [2.75, 3.05) is 0 Å². The first-order chi connectivity index (χ1) is 13.4. The summed E-state index contributed by atoms with van der Waals surface area (Å²) in [5.74, 6) is -2.54. The van der Waals surface area contributed by atoms with Crippen molar-refractivity contribution in [2.24, 2.45) is 0 Å². The summed E-state index contributed by atoms with van der Waals surface area (Å²) >= 11 is 0. The normalized spacial score (nSPS) is 14.1. The Morgan fingerprint density at radius 1 is 1.03 bits per heavy atom. The summed E-state index contributed by atoms with van der Waals surface area (Å²) in [5, 5.41) is 11.0. The van der Waals surface area contributed by atoms with Crippen LogP contribution in [0.1, 0.15) is 26.3 Å². The van der Waals surface area contributed by atoms with Crippen molar-refractivity contribution in [2.45, 2.75) is 12.1 Å². The minimum atomic E-state index is -6.17. The van der Waals surface area contributed by atoms with E-state index < -0.39 is 50.3 Å². The molecule has 0 aromatic heterocycles. The monoisotopic (exact) mass is 430 g/mol. The Bertz CT molecular complexity index is 1110. The molecule has 2 aromatic carbocycles. The highest BCUT2D eigenvalue weighted by molar-refractivity contribution is 7.88. The van der Waals surface area contributed by atoms with Crippen LogP contribution in [0, 0.1) is 10.1 Å². The van der Waals surface area contributed by atoms with Gasteiger partial charge in [-0.3, -0.25) is 24.6 Å². The Morgan fingerprint density at radius 2 is 1.59 bits per heavy atom. The van der Waals surface area contributed by atoms with E-state index in [1.165, 1.54) is 24.3 Å². The molecule has 0 bridgehead atoms. The number of hydrogen-bond acceptors (Lipinski definition) is 7. The molecule has 29 heavy (non-hydrogen) atoms. The molecule has 1 aliphatic rings. The lowest BCUT2D eigenvalue weighted by atomic mass is 10.1. The molecule has 2 aromatic rings. The minimum absolute atomic E-state index is 0.0579. The zero-order chi connectivity index (χ0) is 21.6. The van der Waals surface area contributed by atoms with Crippen LogP contribution in [0.5, 0.6) is 5.75 Å². The lowest BCUT2D eigenvalue weighted by Crippen LogP contribution is -2.29. The van der Waals surface area contributed by atoms with Crippen molar-refractivity contribution in [3.8, 4) is 5.75 Å². The molecule has 2 amide bonds. The van der Waals surface area contributed by atoms with Crippen LogP contribution < -0.4 is 4.18 Å². The maximum Gasteiger partial charge on any atom is 0.534 e. The first-order valence-corrected chi connectivity index (χ1v) is 9.06. The van der Waals surface area contributed by atoms with Gasteiger partial charge in [0.05, 0.1) is 22.6 Å². The molecule has 1 heterocycles. The van der Waals surface area contributed by atoms with E-state index in [1.807, 2.05) is 0 Å². The average Bonchev–Trinajstić information content (AvgIpc) is 2.86. The predicted octanol–water partition coefficient (Wildman–Crippen LogP) is 2.62. The van der Waals surface area contributed by atoms with Crippen molar-refractivity contribution in [1.29, 1.82) is 0 Å². The third-order valence-corrected chi connectivity index (χ3v) is 4.89. The Labute approximate surface area is 160 Å². The lowest BCUT2D eigenvalue weighted by Gasteiger charge is -2.15. The number of fused-ring (bicyclic) bond motifs is 1. The van der Waals surface area contributed by atoms with E-state index in [2.05, 4.69) is 4.18 Å². The number of amides is 2. The third-order valence-electron chi connectivity index (χ3n) is 3.92. The number of imide groups is 1. The van der Waals surface area contributed by atoms with Crippen molar-refractivity contribution < 1.29 is 40.3 Å². The summed E-state index contributed by atoms with van der Waals surface area (Å²) in [4.78, 5) is 35.3. The average molecular weight is 430 g/mol. The Hall–Kier alpha value is -3.48. The predicted molar refractivity (Wildman–Crippen MR) is 89.3 cm³/mol. The summed E-state index contributed by atoms with van der Waals surface area (Å²) in [6.45, 7) is -0.466. The maximum atomic E-state index is 12.6. The highest BCUT2D eigenvalue weighted by Gasteiger charge is 2.49. The van der Waals surface area contributed by atoms with Crippen molar-refractivity contribution in [3.05, 3.63) is 69.3 Å². The van der Waals surface area contributed by atoms with E-state index in [0.717, 1.165) is 11.0 Å². The molecular weight excluding hydrogens is 421 g/mol. The van der Waals surface area contributed by atoms with E-state index >= 15 is 0 Å². The Balaban J connectivity index is 1.95. The number of carbonyl (C=O) groups is 2. The fourth-order valence-corrected chi connectivity index (χ4v) is 3.07. The summed E-state index contributed by atoms with van der Waals surface area (Å²) in [7, 11) is -6.17. The van der Waals surface area contributed by atoms with Gasteiger partial charge in [-0.2, -0.15) is 21.6 Å². The molecule has 0 fully saturated rings. The molecule has 0 spiro atoms. The molecule has 0 radical (unpaired) electrons. The number of rotatable bonds is 5. The van der Waals surface area contributed by atoms with Gasteiger partial charge in [0.1, 0.15) is 0 Å². The summed E-state index contributed by atoms with van der Waals surface area (Å²) in [5.41, 5.74) is -6.66.